The maximum atomic E-state index is 12.0. The summed E-state index contributed by atoms with van der Waals surface area (Å²) < 4.78 is 6.73. The quantitative estimate of drug-likeness (QED) is 0.637. The van der Waals surface area contributed by atoms with Crippen molar-refractivity contribution in [3.05, 3.63) is 11.8 Å². The number of aromatic nitrogens is 2. The second kappa shape index (κ2) is 6.43. The predicted molar refractivity (Wildman–Crippen MR) is 77.4 cm³/mol. The number of esters is 1. The van der Waals surface area contributed by atoms with Crippen molar-refractivity contribution < 1.29 is 9.53 Å². The molecule has 108 valence electrons. The average Bonchev–Trinajstić information content (AvgIpc) is 2.63. The maximum absolute atomic E-state index is 12.0. The third kappa shape index (κ3) is 4.24. The molecule has 1 aromatic rings. The number of carbonyl (C=O) groups is 1. The van der Waals surface area contributed by atoms with Crippen LogP contribution in [-0.4, -0.2) is 40.2 Å². The van der Waals surface area contributed by atoms with E-state index in [0.29, 0.717) is 5.75 Å². The van der Waals surface area contributed by atoms with Crippen molar-refractivity contribution in [2.24, 2.45) is 7.05 Å². The van der Waals surface area contributed by atoms with Crippen LogP contribution < -0.4 is 5.32 Å². The van der Waals surface area contributed by atoms with Crippen molar-refractivity contribution in [2.45, 2.75) is 44.3 Å². The molecule has 0 aliphatic heterocycles. The van der Waals surface area contributed by atoms with Gasteiger partial charge >= 0.3 is 5.97 Å². The van der Waals surface area contributed by atoms with Crippen molar-refractivity contribution in [1.82, 2.24) is 15.1 Å². The molecule has 1 rings (SSSR count). The van der Waals surface area contributed by atoms with Gasteiger partial charge in [-0.3, -0.25) is 14.8 Å². The summed E-state index contributed by atoms with van der Waals surface area (Å²) in [4.78, 5) is 12.0. The van der Waals surface area contributed by atoms with Crippen molar-refractivity contribution in [1.29, 1.82) is 0 Å². The van der Waals surface area contributed by atoms with Crippen LogP contribution in [-0.2, 0) is 16.6 Å². The van der Waals surface area contributed by atoms with Crippen LogP contribution >= 0.6 is 11.8 Å². The van der Waals surface area contributed by atoms with Gasteiger partial charge in [0, 0.05) is 18.8 Å². The highest BCUT2D eigenvalue weighted by Gasteiger charge is 2.35. The molecular formula is C13H23N3O2S. The first-order valence-corrected chi connectivity index (χ1v) is 7.26. The van der Waals surface area contributed by atoms with Crippen LogP contribution in [0.2, 0.25) is 0 Å². The van der Waals surface area contributed by atoms with Crippen LogP contribution in [0.3, 0.4) is 0 Å². The lowest BCUT2D eigenvalue weighted by Crippen LogP contribution is -2.54. The fourth-order valence-corrected chi connectivity index (χ4v) is 3.08. The topological polar surface area (TPSA) is 56.1 Å². The number of nitrogens with one attached hydrogen (secondary N) is 1. The Morgan fingerprint density at radius 1 is 1.63 bits per heavy atom. The average molecular weight is 285 g/mol. The number of nitrogens with zero attached hydrogens (tertiary/aromatic N) is 2. The Morgan fingerprint density at radius 2 is 2.26 bits per heavy atom. The summed E-state index contributed by atoms with van der Waals surface area (Å²) in [6.45, 7) is 7.85. The molecule has 0 bridgehead atoms. The Balaban J connectivity index is 2.78. The van der Waals surface area contributed by atoms with E-state index in [4.69, 9.17) is 4.74 Å². The second-order valence-corrected chi connectivity index (χ2v) is 6.15. The number of methoxy groups -OCH3 is 1. The van der Waals surface area contributed by atoms with Crippen LogP contribution in [0.15, 0.2) is 11.1 Å². The molecule has 0 spiro atoms. The minimum absolute atomic E-state index is 0.206. The van der Waals surface area contributed by atoms with Gasteiger partial charge in [-0.2, -0.15) is 5.10 Å². The zero-order valence-corrected chi connectivity index (χ0v) is 13.3. The molecule has 6 heteroatoms. The summed E-state index contributed by atoms with van der Waals surface area (Å²) in [5.41, 5.74) is 0.271. The molecule has 1 atom stereocenters. The number of hydrogen-bond acceptors (Lipinski definition) is 5. The molecule has 0 aliphatic rings. The van der Waals surface area contributed by atoms with E-state index in [-0.39, 0.29) is 12.0 Å². The van der Waals surface area contributed by atoms with Gasteiger partial charge in [-0.05, 0) is 33.8 Å². The molecule has 0 aromatic carbocycles. The van der Waals surface area contributed by atoms with Crippen molar-refractivity contribution in [3.8, 4) is 0 Å². The van der Waals surface area contributed by atoms with Crippen molar-refractivity contribution >= 4 is 17.7 Å². The SMILES string of the molecule is COC(=O)C(C)(CSc1cc(C)nn1C)NC(C)C. The molecule has 0 fully saturated rings. The van der Waals surface area contributed by atoms with E-state index in [0.717, 1.165) is 10.7 Å². The Bertz CT molecular complexity index is 445. The molecule has 0 amide bonds. The predicted octanol–water partition coefficient (Wildman–Crippen LogP) is 1.75. The largest absolute Gasteiger partial charge is 0.468 e. The first-order valence-electron chi connectivity index (χ1n) is 6.28. The Labute approximate surface area is 119 Å². The summed E-state index contributed by atoms with van der Waals surface area (Å²) in [6, 6.07) is 2.22. The molecule has 1 aromatic heterocycles. The van der Waals surface area contributed by atoms with Gasteiger partial charge in [-0.25, -0.2) is 0 Å². The highest BCUT2D eigenvalue weighted by atomic mass is 32.2. The van der Waals surface area contributed by atoms with E-state index < -0.39 is 5.54 Å². The van der Waals surface area contributed by atoms with E-state index in [9.17, 15) is 4.79 Å². The zero-order chi connectivity index (χ0) is 14.6. The molecule has 0 saturated heterocycles. The monoisotopic (exact) mass is 285 g/mol. The second-order valence-electron chi connectivity index (χ2n) is 5.16. The van der Waals surface area contributed by atoms with E-state index in [1.807, 2.05) is 45.5 Å². The van der Waals surface area contributed by atoms with Gasteiger partial charge in [-0.1, -0.05) is 0 Å². The Hall–Kier alpha value is -1.01. The minimum atomic E-state index is -0.703. The highest BCUT2D eigenvalue weighted by molar-refractivity contribution is 7.99. The summed E-state index contributed by atoms with van der Waals surface area (Å²) in [5, 5.41) is 8.62. The molecule has 0 saturated carbocycles. The van der Waals surface area contributed by atoms with Gasteiger partial charge in [0.25, 0.3) is 0 Å². The molecule has 1 heterocycles. The summed E-state index contributed by atoms with van der Waals surface area (Å²) >= 11 is 1.60. The molecule has 5 nitrogen and oxygen atoms in total. The fraction of sp³-hybridized carbons (Fsp3) is 0.692. The lowest BCUT2D eigenvalue weighted by atomic mass is 10.0. The first-order chi connectivity index (χ1) is 8.78. The number of ether oxygens (including phenoxy) is 1. The van der Waals surface area contributed by atoms with E-state index in [1.54, 1.807) is 11.8 Å². The van der Waals surface area contributed by atoms with Crippen LogP contribution in [0.5, 0.6) is 0 Å². The van der Waals surface area contributed by atoms with Crippen LogP contribution in [0.1, 0.15) is 26.5 Å². The number of rotatable bonds is 6. The van der Waals surface area contributed by atoms with Gasteiger partial charge in [0.15, 0.2) is 0 Å². The lowest BCUT2D eigenvalue weighted by Gasteiger charge is -2.29. The van der Waals surface area contributed by atoms with E-state index in [2.05, 4.69) is 10.4 Å². The van der Waals surface area contributed by atoms with Gasteiger partial charge in [-0.15, -0.1) is 11.8 Å². The summed E-state index contributed by atoms with van der Waals surface area (Å²) in [6.07, 6.45) is 0. The third-order valence-electron chi connectivity index (χ3n) is 2.71. The maximum Gasteiger partial charge on any atom is 0.326 e. The summed E-state index contributed by atoms with van der Waals surface area (Å²) in [5.74, 6) is 0.351. The van der Waals surface area contributed by atoms with Gasteiger partial charge in [0.2, 0.25) is 0 Å². The van der Waals surface area contributed by atoms with E-state index in [1.165, 1.54) is 7.11 Å². The number of hydrogen-bond donors (Lipinski definition) is 1. The van der Waals surface area contributed by atoms with Crippen molar-refractivity contribution in [2.75, 3.05) is 12.9 Å². The lowest BCUT2D eigenvalue weighted by molar-refractivity contribution is -0.147. The number of thioether (sulfide) groups is 1. The number of carbonyl (C=O) groups excluding carboxylic acids is 1. The molecule has 1 N–H and O–H groups in total. The first kappa shape index (κ1) is 16.0. The molecular weight excluding hydrogens is 262 g/mol. The Kier molecular flexibility index (Phi) is 5.43. The van der Waals surface area contributed by atoms with Gasteiger partial charge in [0.05, 0.1) is 17.8 Å². The zero-order valence-electron chi connectivity index (χ0n) is 12.5. The van der Waals surface area contributed by atoms with Crippen molar-refractivity contribution in [3.63, 3.8) is 0 Å². The van der Waals surface area contributed by atoms with Crippen LogP contribution in [0.4, 0.5) is 0 Å². The highest BCUT2D eigenvalue weighted by Crippen LogP contribution is 2.24. The molecule has 0 aliphatic carbocycles. The molecule has 19 heavy (non-hydrogen) atoms. The number of aryl methyl sites for hydroxylation is 2. The van der Waals surface area contributed by atoms with Gasteiger partial charge < -0.3 is 4.74 Å². The van der Waals surface area contributed by atoms with Gasteiger partial charge in [0.1, 0.15) is 5.54 Å². The Morgan fingerprint density at radius 3 is 2.68 bits per heavy atom. The smallest absolute Gasteiger partial charge is 0.326 e. The van der Waals surface area contributed by atoms with Crippen LogP contribution in [0.25, 0.3) is 0 Å². The molecule has 0 radical (unpaired) electrons. The summed E-state index contributed by atoms with van der Waals surface area (Å²) in [7, 11) is 3.32. The fourth-order valence-electron chi connectivity index (χ4n) is 1.96. The minimum Gasteiger partial charge on any atom is -0.468 e. The van der Waals surface area contributed by atoms with E-state index >= 15 is 0 Å². The standard InChI is InChI=1S/C13H23N3O2S/c1-9(2)14-13(4,12(17)18-6)8-19-11-7-10(3)15-16(11)5/h7,9,14H,8H2,1-6H3. The normalized spacial score (nSPS) is 14.5. The third-order valence-corrected chi connectivity index (χ3v) is 4.11. The molecule has 1 unspecified atom stereocenters. The van der Waals surface area contributed by atoms with Crippen LogP contribution in [0, 0.1) is 6.92 Å².